The monoisotopic (exact) mass is 371 g/mol. The first-order valence-corrected chi connectivity index (χ1v) is 9.50. The fourth-order valence-corrected chi connectivity index (χ4v) is 3.12. The third-order valence-electron chi connectivity index (χ3n) is 5.59. The summed E-state index contributed by atoms with van der Waals surface area (Å²) in [5.41, 5.74) is 3.19. The molecule has 1 aromatic heterocycles. The summed E-state index contributed by atoms with van der Waals surface area (Å²) in [5, 5.41) is 12.4. The lowest BCUT2D eigenvalue weighted by Gasteiger charge is -2.37. The van der Waals surface area contributed by atoms with E-state index in [4.69, 9.17) is 9.07 Å². The molecule has 3 nitrogen and oxygen atoms in total. The van der Waals surface area contributed by atoms with Gasteiger partial charge in [-0.05, 0) is 62.5 Å². The number of aliphatic hydroxyl groups is 1. The highest BCUT2D eigenvalue weighted by atomic mass is 16.5. The van der Waals surface area contributed by atoms with E-state index in [0.29, 0.717) is 0 Å². The van der Waals surface area contributed by atoms with E-state index in [-0.39, 0.29) is 0 Å². The highest BCUT2D eigenvalue weighted by molar-refractivity contribution is 6.52. The van der Waals surface area contributed by atoms with E-state index in [2.05, 4.69) is 24.3 Å². The van der Waals surface area contributed by atoms with Crippen molar-refractivity contribution in [3.8, 4) is 11.1 Å². The van der Waals surface area contributed by atoms with Crippen LogP contribution >= 0.6 is 0 Å². The van der Waals surface area contributed by atoms with Gasteiger partial charge in [0.05, 0.1) is 11.2 Å². The summed E-state index contributed by atoms with van der Waals surface area (Å²) in [6.07, 6.45) is 0. The predicted octanol–water partition coefficient (Wildman–Crippen LogP) is 5.06. The maximum Gasteiger partial charge on any atom is 0.331 e. The van der Waals surface area contributed by atoms with Gasteiger partial charge in [-0.15, -0.1) is 0 Å². The molecule has 1 radical (unpaired) electrons. The van der Waals surface area contributed by atoms with Gasteiger partial charge in [0.2, 0.25) is 0 Å². The van der Waals surface area contributed by atoms with E-state index in [0.717, 1.165) is 33.0 Å². The minimum absolute atomic E-state index is 0.732. The zero-order valence-corrected chi connectivity index (χ0v) is 16.7. The van der Waals surface area contributed by atoms with Crippen LogP contribution in [0.15, 0.2) is 71.1 Å². The molecule has 0 aliphatic rings. The van der Waals surface area contributed by atoms with Gasteiger partial charge >= 0.3 is 7.48 Å². The maximum absolute atomic E-state index is 10.4. The van der Waals surface area contributed by atoms with Crippen LogP contribution in [0.2, 0.25) is 0 Å². The summed E-state index contributed by atoms with van der Waals surface area (Å²) in [7, 11) is 1.73. The minimum atomic E-state index is -0.976. The van der Waals surface area contributed by atoms with Crippen LogP contribution < -0.4 is 5.46 Å². The van der Waals surface area contributed by atoms with E-state index >= 15 is 0 Å². The normalized spacial score (nSPS) is 12.6. The second kappa shape index (κ2) is 6.80. The minimum Gasteiger partial charge on any atom is -0.456 e. The van der Waals surface area contributed by atoms with Crippen molar-refractivity contribution < 1.29 is 14.2 Å². The Morgan fingerprint density at radius 2 is 1.57 bits per heavy atom. The van der Waals surface area contributed by atoms with Crippen molar-refractivity contribution in [2.24, 2.45) is 0 Å². The van der Waals surface area contributed by atoms with Crippen molar-refractivity contribution in [3.63, 3.8) is 0 Å². The van der Waals surface area contributed by atoms with Gasteiger partial charge in [-0.25, -0.2) is 0 Å². The zero-order chi connectivity index (χ0) is 19.9. The highest BCUT2D eigenvalue weighted by Gasteiger charge is 2.36. The number of hydrogen-bond donors (Lipinski definition) is 1. The van der Waals surface area contributed by atoms with Crippen LogP contribution in [0.4, 0.5) is 0 Å². The lowest BCUT2D eigenvalue weighted by molar-refractivity contribution is -0.0893. The molecule has 0 fully saturated rings. The van der Waals surface area contributed by atoms with Gasteiger partial charge in [0.15, 0.2) is 0 Å². The van der Waals surface area contributed by atoms with Crippen LogP contribution in [-0.4, -0.2) is 23.8 Å². The summed E-state index contributed by atoms with van der Waals surface area (Å²) >= 11 is 0. The largest absolute Gasteiger partial charge is 0.456 e. The van der Waals surface area contributed by atoms with Crippen LogP contribution in [-0.2, 0) is 4.65 Å². The van der Waals surface area contributed by atoms with Gasteiger partial charge in [-0.1, -0.05) is 48.5 Å². The Labute approximate surface area is 166 Å². The van der Waals surface area contributed by atoms with Crippen LogP contribution in [0.3, 0.4) is 0 Å². The molecular weight excluding hydrogens is 347 g/mol. The first-order valence-electron chi connectivity index (χ1n) is 9.50. The molecule has 0 aliphatic carbocycles. The Morgan fingerprint density at radius 3 is 2.29 bits per heavy atom. The zero-order valence-electron chi connectivity index (χ0n) is 16.7. The second-order valence-electron chi connectivity index (χ2n) is 8.20. The number of hydrogen-bond acceptors (Lipinski definition) is 3. The van der Waals surface area contributed by atoms with Crippen LogP contribution in [0, 0.1) is 0 Å². The number of fused-ring (bicyclic) bond motifs is 3. The fourth-order valence-electron chi connectivity index (χ4n) is 3.12. The number of rotatable bonds is 5. The first kappa shape index (κ1) is 18.8. The first-order chi connectivity index (χ1) is 13.3. The molecule has 4 heteroatoms. The molecule has 3 aromatic carbocycles. The topological polar surface area (TPSA) is 42.6 Å². The number of furan rings is 1. The SMILES string of the molecule is CC(C)(O)C(C)(C)O[B]c1cccc2oc3ccc(-c4ccccc4)cc3c12. The lowest BCUT2D eigenvalue weighted by atomic mass is 9.80. The molecule has 0 saturated carbocycles. The van der Waals surface area contributed by atoms with E-state index in [1.165, 1.54) is 5.56 Å². The summed E-state index contributed by atoms with van der Waals surface area (Å²) in [5.74, 6) is 0. The van der Waals surface area contributed by atoms with Gasteiger partial charge in [-0.2, -0.15) is 0 Å². The second-order valence-corrected chi connectivity index (χ2v) is 8.20. The van der Waals surface area contributed by atoms with Gasteiger partial charge in [-0.3, -0.25) is 0 Å². The molecule has 0 bridgehead atoms. The third-order valence-corrected chi connectivity index (χ3v) is 5.59. The molecule has 0 spiro atoms. The number of benzene rings is 3. The quantitative estimate of drug-likeness (QED) is 0.499. The van der Waals surface area contributed by atoms with E-state index in [1.807, 2.05) is 56.3 Å². The summed E-state index contributed by atoms with van der Waals surface area (Å²) in [6.45, 7) is 7.26. The van der Waals surface area contributed by atoms with E-state index in [1.54, 1.807) is 21.3 Å². The van der Waals surface area contributed by atoms with Gasteiger partial charge in [0, 0.05) is 10.8 Å². The Balaban J connectivity index is 1.79. The van der Waals surface area contributed by atoms with Crippen molar-refractivity contribution >= 4 is 34.9 Å². The Kier molecular flexibility index (Phi) is 4.57. The van der Waals surface area contributed by atoms with Crippen molar-refractivity contribution in [2.45, 2.75) is 38.9 Å². The molecule has 0 amide bonds. The molecule has 141 valence electrons. The molecule has 4 aromatic rings. The Hall–Kier alpha value is -2.56. The van der Waals surface area contributed by atoms with Crippen molar-refractivity contribution in [3.05, 3.63) is 66.7 Å². The van der Waals surface area contributed by atoms with Crippen molar-refractivity contribution in [1.29, 1.82) is 0 Å². The lowest BCUT2D eigenvalue weighted by Crippen LogP contribution is -2.49. The predicted molar refractivity (Wildman–Crippen MR) is 116 cm³/mol. The molecule has 0 saturated heterocycles. The maximum atomic E-state index is 10.4. The molecule has 1 heterocycles. The smallest absolute Gasteiger partial charge is 0.331 e. The molecule has 4 rings (SSSR count). The van der Waals surface area contributed by atoms with Crippen LogP contribution in [0.25, 0.3) is 33.1 Å². The molecule has 1 N–H and O–H groups in total. The standard InChI is InChI=1S/C24H24BO3/c1-23(2,26)24(3,4)28-25-19-11-8-12-21-22(19)18-15-17(13-14-20(18)27-21)16-9-6-5-7-10-16/h5-15,26H,1-4H3. The van der Waals surface area contributed by atoms with Gasteiger partial charge in [0.25, 0.3) is 0 Å². The Bertz CT molecular complexity index is 1120. The Morgan fingerprint density at radius 1 is 0.821 bits per heavy atom. The van der Waals surface area contributed by atoms with E-state index in [9.17, 15) is 5.11 Å². The van der Waals surface area contributed by atoms with Gasteiger partial charge in [0.1, 0.15) is 11.2 Å². The summed E-state index contributed by atoms with van der Waals surface area (Å²) in [6, 6.07) is 22.5. The summed E-state index contributed by atoms with van der Waals surface area (Å²) < 4.78 is 12.1. The molecule has 0 atom stereocenters. The highest BCUT2D eigenvalue weighted by Crippen LogP contribution is 2.32. The summed E-state index contributed by atoms with van der Waals surface area (Å²) in [4.78, 5) is 0. The third kappa shape index (κ3) is 3.34. The fraction of sp³-hybridized carbons (Fsp3) is 0.250. The van der Waals surface area contributed by atoms with Gasteiger partial charge < -0.3 is 14.2 Å². The average Bonchev–Trinajstić information content (AvgIpc) is 3.04. The van der Waals surface area contributed by atoms with Crippen LogP contribution in [0.5, 0.6) is 0 Å². The molecule has 28 heavy (non-hydrogen) atoms. The molecular formula is C24H24BO3. The molecule has 0 aliphatic heterocycles. The average molecular weight is 371 g/mol. The van der Waals surface area contributed by atoms with Crippen LogP contribution in [0.1, 0.15) is 27.7 Å². The molecule has 0 unspecified atom stereocenters. The van der Waals surface area contributed by atoms with Crippen molar-refractivity contribution in [1.82, 2.24) is 0 Å². The van der Waals surface area contributed by atoms with Crippen molar-refractivity contribution in [2.75, 3.05) is 0 Å². The van der Waals surface area contributed by atoms with E-state index < -0.39 is 11.2 Å².